The van der Waals surface area contributed by atoms with E-state index in [4.69, 9.17) is 0 Å². The number of pyridine rings is 1. The molecule has 17 heavy (non-hydrogen) atoms. The fourth-order valence-corrected chi connectivity index (χ4v) is 2.14. The summed E-state index contributed by atoms with van der Waals surface area (Å²) in [6.07, 6.45) is 2.41. The smallest absolute Gasteiger partial charge is 0.367 e. The molecule has 94 valence electrons. The summed E-state index contributed by atoms with van der Waals surface area (Å²) >= 11 is 0. The van der Waals surface area contributed by atoms with Crippen molar-refractivity contribution in [1.82, 2.24) is 4.98 Å². The topological polar surface area (TPSA) is 24.9 Å². The Morgan fingerprint density at radius 2 is 1.88 bits per heavy atom. The summed E-state index contributed by atoms with van der Waals surface area (Å²) in [7, 11) is 0. The Morgan fingerprint density at radius 3 is 2.53 bits per heavy atom. The van der Waals surface area contributed by atoms with Gasteiger partial charge in [0.2, 0.25) is 0 Å². The van der Waals surface area contributed by atoms with Crippen LogP contribution in [0.2, 0.25) is 0 Å². The molecule has 1 saturated carbocycles. The van der Waals surface area contributed by atoms with E-state index in [9.17, 15) is 13.2 Å². The Labute approximate surface area is 98.2 Å². The number of aromatic nitrogens is 1. The van der Waals surface area contributed by atoms with Crippen LogP contribution in [0.15, 0.2) is 18.3 Å². The lowest BCUT2D eigenvalue weighted by molar-refractivity contribution is -0.137. The molecule has 1 aromatic rings. The lowest BCUT2D eigenvalue weighted by Gasteiger charge is -2.23. The number of alkyl halides is 3. The molecule has 1 fully saturated rings. The fourth-order valence-electron chi connectivity index (χ4n) is 2.14. The van der Waals surface area contributed by atoms with E-state index in [0.29, 0.717) is 5.82 Å². The lowest BCUT2D eigenvalue weighted by Crippen LogP contribution is -2.23. The summed E-state index contributed by atoms with van der Waals surface area (Å²) in [4.78, 5) is 3.94. The molecule has 0 spiro atoms. The molecule has 1 heterocycles. The third kappa shape index (κ3) is 3.35. The van der Waals surface area contributed by atoms with Crippen LogP contribution < -0.4 is 5.32 Å². The first-order chi connectivity index (χ1) is 8.05. The number of nitrogens with one attached hydrogen (secondary N) is 1. The highest BCUT2D eigenvalue weighted by molar-refractivity contribution is 5.39. The van der Waals surface area contributed by atoms with E-state index < -0.39 is 11.7 Å². The van der Waals surface area contributed by atoms with Gasteiger partial charge in [-0.3, -0.25) is 0 Å². The van der Waals surface area contributed by atoms with E-state index in [1.54, 1.807) is 0 Å². The average Bonchev–Trinajstić information content (AvgIpc) is 2.29. The monoisotopic (exact) mass is 244 g/mol. The number of halogens is 3. The van der Waals surface area contributed by atoms with Crippen molar-refractivity contribution in [1.29, 1.82) is 0 Å². The van der Waals surface area contributed by atoms with Crippen molar-refractivity contribution in [2.75, 3.05) is 5.32 Å². The highest BCUT2D eigenvalue weighted by Gasteiger charge is 2.30. The van der Waals surface area contributed by atoms with Crippen LogP contribution in [0.3, 0.4) is 0 Å². The Kier molecular flexibility index (Phi) is 3.54. The van der Waals surface area contributed by atoms with E-state index in [0.717, 1.165) is 37.8 Å². The van der Waals surface area contributed by atoms with Crippen LogP contribution in [0.4, 0.5) is 19.0 Å². The van der Waals surface area contributed by atoms with E-state index >= 15 is 0 Å². The molecule has 0 atom stereocenters. The standard InChI is InChI=1S/C12H15F3N2/c13-12(14,15)9-6-7-16-11(8-9)17-10-4-2-1-3-5-10/h6-8,10H,1-5H2,(H,16,17). The Bertz CT molecular complexity index is 370. The van der Waals surface area contributed by atoms with E-state index in [2.05, 4.69) is 10.3 Å². The number of rotatable bonds is 2. The Morgan fingerprint density at radius 1 is 1.18 bits per heavy atom. The second kappa shape index (κ2) is 4.94. The van der Waals surface area contributed by atoms with Gasteiger partial charge in [0.25, 0.3) is 0 Å². The maximum atomic E-state index is 12.5. The zero-order valence-electron chi connectivity index (χ0n) is 9.43. The van der Waals surface area contributed by atoms with Gasteiger partial charge in [0.15, 0.2) is 0 Å². The normalized spacial score (nSPS) is 18.1. The van der Waals surface area contributed by atoms with Gasteiger partial charge < -0.3 is 5.32 Å². The minimum absolute atomic E-state index is 0.264. The molecular weight excluding hydrogens is 229 g/mol. The summed E-state index contributed by atoms with van der Waals surface area (Å²) in [5.41, 5.74) is -0.647. The van der Waals surface area contributed by atoms with Crippen LogP contribution in [0.5, 0.6) is 0 Å². The predicted octanol–water partition coefficient (Wildman–Crippen LogP) is 3.85. The molecule has 0 amide bonds. The fraction of sp³-hybridized carbons (Fsp3) is 0.583. The molecule has 0 aromatic carbocycles. The maximum Gasteiger partial charge on any atom is 0.416 e. The molecule has 0 bridgehead atoms. The first-order valence-electron chi connectivity index (χ1n) is 5.85. The van der Waals surface area contributed by atoms with Gasteiger partial charge in [0, 0.05) is 12.2 Å². The number of nitrogens with zero attached hydrogens (tertiary/aromatic N) is 1. The minimum atomic E-state index is -4.30. The van der Waals surface area contributed by atoms with Gasteiger partial charge in [-0.25, -0.2) is 4.98 Å². The maximum absolute atomic E-state index is 12.5. The third-order valence-electron chi connectivity index (χ3n) is 3.04. The molecular formula is C12H15F3N2. The number of anilines is 1. The van der Waals surface area contributed by atoms with Crippen molar-refractivity contribution < 1.29 is 13.2 Å². The minimum Gasteiger partial charge on any atom is -0.367 e. The first kappa shape index (κ1) is 12.2. The quantitative estimate of drug-likeness (QED) is 0.854. The van der Waals surface area contributed by atoms with Gasteiger partial charge in [-0.1, -0.05) is 19.3 Å². The third-order valence-corrected chi connectivity index (χ3v) is 3.04. The average molecular weight is 244 g/mol. The molecule has 2 rings (SSSR count). The Balaban J connectivity index is 2.05. The second-order valence-corrected chi connectivity index (χ2v) is 4.41. The molecule has 1 aromatic heterocycles. The highest BCUT2D eigenvalue weighted by atomic mass is 19.4. The van der Waals surface area contributed by atoms with E-state index in [-0.39, 0.29) is 6.04 Å². The molecule has 5 heteroatoms. The summed E-state index contributed by atoms with van der Waals surface area (Å²) in [5, 5.41) is 3.08. The van der Waals surface area contributed by atoms with Crippen LogP contribution in [0.25, 0.3) is 0 Å². The Hall–Kier alpha value is -1.26. The molecule has 1 aliphatic rings. The van der Waals surface area contributed by atoms with Crippen LogP contribution in [-0.4, -0.2) is 11.0 Å². The van der Waals surface area contributed by atoms with Crippen LogP contribution in [-0.2, 0) is 6.18 Å². The van der Waals surface area contributed by atoms with Crippen molar-refractivity contribution in [2.24, 2.45) is 0 Å². The van der Waals surface area contributed by atoms with Crippen LogP contribution >= 0.6 is 0 Å². The van der Waals surface area contributed by atoms with Crippen LogP contribution in [0, 0.1) is 0 Å². The first-order valence-corrected chi connectivity index (χ1v) is 5.85. The van der Waals surface area contributed by atoms with Gasteiger partial charge in [-0.15, -0.1) is 0 Å². The second-order valence-electron chi connectivity index (χ2n) is 4.41. The summed E-state index contributed by atoms with van der Waals surface area (Å²) < 4.78 is 37.5. The number of hydrogen-bond donors (Lipinski definition) is 1. The van der Waals surface area contributed by atoms with Crippen molar-refractivity contribution in [3.05, 3.63) is 23.9 Å². The van der Waals surface area contributed by atoms with Gasteiger partial charge in [0.05, 0.1) is 5.56 Å². The summed E-state index contributed by atoms with van der Waals surface area (Å²) in [6.45, 7) is 0. The zero-order chi connectivity index (χ0) is 12.3. The zero-order valence-corrected chi connectivity index (χ0v) is 9.43. The SMILES string of the molecule is FC(F)(F)c1ccnc(NC2CCCCC2)c1. The molecule has 1 N–H and O–H groups in total. The molecule has 0 radical (unpaired) electrons. The molecule has 0 aliphatic heterocycles. The largest absolute Gasteiger partial charge is 0.416 e. The molecule has 0 unspecified atom stereocenters. The van der Waals surface area contributed by atoms with Crippen molar-refractivity contribution >= 4 is 5.82 Å². The highest BCUT2D eigenvalue weighted by Crippen LogP contribution is 2.30. The van der Waals surface area contributed by atoms with E-state index in [1.807, 2.05) is 0 Å². The van der Waals surface area contributed by atoms with Gasteiger partial charge in [0.1, 0.15) is 5.82 Å². The lowest BCUT2D eigenvalue weighted by atomic mass is 9.95. The van der Waals surface area contributed by atoms with Crippen LogP contribution in [0.1, 0.15) is 37.7 Å². The molecule has 1 aliphatic carbocycles. The summed E-state index contributed by atoms with van der Waals surface area (Å²) in [6, 6.07) is 2.33. The predicted molar refractivity (Wildman–Crippen MR) is 59.7 cm³/mol. The van der Waals surface area contributed by atoms with Gasteiger partial charge in [-0.2, -0.15) is 13.2 Å². The molecule has 0 saturated heterocycles. The van der Waals surface area contributed by atoms with Crippen molar-refractivity contribution in [2.45, 2.75) is 44.3 Å². The van der Waals surface area contributed by atoms with Gasteiger partial charge in [-0.05, 0) is 25.0 Å². The van der Waals surface area contributed by atoms with E-state index in [1.165, 1.54) is 12.6 Å². The van der Waals surface area contributed by atoms with Crippen molar-refractivity contribution in [3.63, 3.8) is 0 Å². The molecule has 2 nitrogen and oxygen atoms in total. The summed E-state index contributed by atoms with van der Waals surface area (Å²) in [5.74, 6) is 0.326. The van der Waals surface area contributed by atoms with Crippen molar-refractivity contribution in [3.8, 4) is 0 Å². The van der Waals surface area contributed by atoms with Gasteiger partial charge >= 0.3 is 6.18 Å². The number of hydrogen-bond acceptors (Lipinski definition) is 2.